The third kappa shape index (κ3) is 2.31. The molecule has 1 aromatic rings. The molecule has 2 heterocycles. The van der Waals surface area contributed by atoms with Crippen molar-refractivity contribution < 1.29 is 14.7 Å². The van der Waals surface area contributed by atoms with Gasteiger partial charge in [-0.25, -0.2) is 0 Å². The first-order valence-electron chi connectivity index (χ1n) is 4.60. The Morgan fingerprint density at radius 2 is 2.27 bits per heavy atom. The monoisotopic (exact) mass is 206 g/mol. The number of aromatic nitrogens is 1. The highest BCUT2D eigenvalue weighted by Crippen LogP contribution is 2.18. The van der Waals surface area contributed by atoms with E-state index in [-0.39, 0.29) is 12.5 Å². The second-order valence-electron chi connectivity index (χ2n) is 3.30. The van der Waals surface area contributed by atoms with E-state index in [1.165, 1.54) is 0 Å². The molecule has 2 rings (SSSR count). The zero-order chi connectivity index (χ0) is 10.7. The Labute approximate surface area is 86.4 Å². The van der Waals surface area contributed by atoms with Gasteiger partial charge in [0, 0.05) is 24.4 Å². The minimum atomic E-state index is -0.869. The van der Waals surface area contributed by atoms with E-state index in [4.69, 9.17) is 9.94 Å². The van der Waals surface area contributed by atoms with Gasteiger partial charge in [-0.1, -0.05) is 5.16 Å². The number of carbonyl (C=O) groups is 1. The third-order valence-electron chi connectivity index (χ3n) is 2.15. The van der Waals surface area contributed by atoms with E-state index < -0.39 is 5.97 Å². The lowest BCUT2D eigenvalue weighted by molar-refractivity contribution is -0.139. The lowest BCUT2D eigenvalue weighted by atomic mass is 10.0. The van der Waals surface area contributed by atoms with Gasteiger partial charge in [-0.2, -0.15) is 0 Å². The van der Waals surface area contributed by atoms with Crippen LogP contribution in [-0.2, 0) is 9.63 Å². The highest BCUT2D eigenvalue weighted by Gasteiger charge is 2.24. The van der Waals surface area contributed by atoms with Crippen molar-refractivity contribution in [2.45, 2.75) is 18.9 Å². The Morgan fingerprint density at radius 1 is 1.53 bits per heavy atom. The van der Waals surface area contributed by atoms with Crippen LogP contribution < -0.4 is 0 Å². The van der Waals surface area contributed by atoms with Gasteiger partial charge < -0.3 is 9.94 Å². The summed E-state index contributed by atoms with van der Waals surface area (Å²) in [4.78, 5) is 19.4. The molecular weight excluding hydrogens is 196 g/mol. The summed E-state index contributed by atoms with van der Waals surface area (Å²) in [5.74, 6) is -0.869. The van der Waals surface area contributed by atoms with E-state index in [9.17, 15) is 4.79 Å². The molecule has 78 valence electrons. The average molecular weight is 206 g/mol. The summed E-state index contributed by atoms with van der Waals surface area (Å²) in [5, 5.41) is 12.5. The number of oxime groups is 1. The number of hydrogen-bond acceptors (Lipinski definition) is 4. The summed E-state index contributed by atoms with van der Waals surface area (Å²) in [7, 11) is 0. The smallest absolute Gasteiger partial charge is 0.307 e. The summed E-state index contributed by atoms with van der Waals surface area (Å²) in [6.45, 7) is 0. The van der Waals surface area contributed by atoms with Crippen molar-refractivity contribution in [3.05, 3.63) is 30.1 Å². The maximum Gasteiger partial charge on any atom is 0.307 e. The van der Waals surface area contributed by atoms with Crippen molar-refractivity contribution in [3.8, 4) is 0 Å². The number of nitrogens with zero attached hydrogens (tertiary/aromatic N) is 2. The summed E-state index contributed by atoms with van der Waals surface area (Å²) in [6, 6.07) is 3.65. The van der Waals surface area contributed by atoms with Crippen LogP contribution in [0.3, 0.4) is 0 Å². The highest BCUT2D eigenvalue weighted by atomic mass is 16.6. The molecule has 1 atom stereocenters. The zero-order valence-corrected chi connectivity index (χ0v) is 7.96. The Kier molecular flexibility index (Phi) is 2.62. The SMILES string of the molecule is O=C(O)CC1CC(c2ccncc2)=NO1. The van der Waals surface area contributed by atoms with Gasteiger partial charge in [0.1, 0.15) is 6.10 Å². The normalized spacial score (nSPS) is 19.5. The Morgan fingerprint density at radius 3 is 2.93 bits per heavy atom. The molecule has 0 fully saturated rings. The zero-order valence-electron chi connectivity index (χ0n) is 7.96. The van der Waals surface area contributed by atoms with Crippen LogP contribution in [0.15, 0.2) is 29.7 Å². The van der Waals surface area contributed by atoms with E-state index in [0.29, 0.717) is 6.42 Å². The van der Waals surface area contributed by atoms with Crippen LogP contribution >= 0.6 is 0 Å². The van der Waals surface area contributed by atoms with Crippen LogP contribution in [0, 0.1) is 0 Å². The van der Waals surface area contributed by atoms with E-state index in [2.05, 4.69) is 10.1 Å². The van der Waals surface area contributed by atoms with Crippen LogP contribution in [0.2, 0.25) is 0 Å². The molecule has 15 heavy (non-hydrogen) atoms. The second kappa shape index (κ2) is 4.08. The lowest BCUT2D eigenvalue weighted by Gasteiger charge is -2.02. The van der Waals surface area contributed by atoms with E-state index >= 15 is 0 Å². The third-order valence-corrected chi connectivity index (χ3v) is 2.15. The Bertz CT molecular complexity index is 389. The molecule has 0 amide bonds. The summed E-state index contributed by atoms with van der Waals surface area (Å²) in [6.07, 6.45) is 3.52. The van der Waals surface area contributed by atoms with Gasteiger partial charge in [-0.3, -0.25) is 9.78 Å². The second-order valence-corrected chi connectivity index (χ2v) is 3.30. The number of rotatable bonds is 3. The number of carboxylic acid groups (broad SMARTS) is 1. The number of carboxylic acids is 1. The highest BCUT2D eigenvalue weighted by molar-refractivity contribution is 6.01. The fraction of sp³-hybridized carbons (Fsp3) is 0.300. The van der Waals surface area contributed by atoms with E-state index in [1.54, 1.807) is 12.4 Å². The number of hydrogen-bond donors (Lipinski definition) is 1. The molecule has 0 spiro atoms. The summed E-state index contributed by atoms with van der Waals surface area (Å²) < 4.78 is 0. The topological polar surface area (TPSA) is 71.8 Å². The van der Waals surface area contributed by atoms with Crippen LogP contribution in [0.4, 0.5) is 0 Å². The first kappa shape index (κ1) is 9.64. The average Bonchev–Trinajstić information content (AvgIpc) is 2.67. The van der Waals surface area contributed by atoms with Crippen molar-refractivity contribution in [2.24, 2.45) is 5.16 Å². The van der Waals surface area contributed by atoms with Crippen molar-refractivity contribution in [2.75, 3.05) is 0 Å². The molecule has 1 aromatic heterocycles. The van der Waals surface area contributed by atoms with Gasteiger partial charge in [0.25, 0.3) is 0 Å². The van der Waals surface area contributed by atoms with Crippen molar-refractivity contribution in [1.29, 1.82) is 0 Å². The van der Waals surface area contributed by atoms with Crippen LogP contribution in [-0.4, -0.2) is 27.9 Å². The van der Waals surface area contributed by atoms with Crippen molar-refractivity contribution in [1.82, 2.24) is 4.98 Å². The van der Waals surface area contributed by atoms with Crippen LogP contribution in [0.25, 0.3) is 0 Å². The van der Waals surface area contributed by atoms with Crippen molar-refractivity contribution >= 4 is 11.7 Å². The molecule has 1 unspecified atom stereocenters. The molecule has 1 aliphatic heterocycles. The Balaban J connectivity index is 2.01. The Hall–Kier alpha value is -1.91. The molecule has 0 saturated carbocycles. The maximum atomic E-state index is 10.5. The lowest BCUT2D eigenvalue weighted by Crippen LogP contribution is -2.13. The van der Waals surface area contributed by atoms with E-state index in [1.807, 2.05) is 12.1 Å². The number of pyridine rings is 1. The predicted octanol–water partition coefficient (Wildman–Crippen LogP) is 1.05. The van der Waals surface area contributed by atoms with Crippen LogP contribution in [0.1, 0.15) is 18.4 Å². The molecule has 0 radical (unpaired) electrons. The molecule has 0 saturated heterocycles. The fourth-order valence-corrected chi connectivity index (χ4v) is 1.45. The minimum absolute atomic E-state index is 0.0158. The van der Waals surface area contributed by atoms with Gasteiger partial charge in [0.05, 0.1) is 12.1 Å². The van der Waals surface area contributed by atoms with Gasteiger partial charge in [-0.15, -0.1) is 0 Å². The van der Waals surface area contributed by atoms with Gasteiger partial charge in [-0.05, 0) is 12.1 Å². The quantitative estimate of drug-likeness (QED) is 0.802. The standard InChI is InChI=1S/C10H10N2O3/c13-10(14)6-8-5-9(12-15-8)7-1-3-11-4-2-7/h1-4,8H,5-6H2,(H,13,14). The predicted molar refractivity (Wildman–Crippen MR) is 52.5 cm³/mol. The first-order valence-corrected chi connectivity index (χ1v) is 4.60. The molecule has 1 aliphatic rings. The largest absolute Gasteiger partial charge is 0.481 e. The molecular formula is C10H10N2O3. The van der Waals surface area contributed by atoms with Gasteiger partial charge >= 0.3 is 5.97 Å². The van der Waals surface area contributed by atoms with Gasteiger partial charge in [0.2, 0.25) is 0 Å². The molecule has 0 aliphatic carbocycles. The van der Waals surface area contributed by atoms with Crippen molar-refractivity contribution in [3.63, 3.8) is 0 Å². The fourth-order valence-electron chi connectivity index (χ4n) is 1.45. The van der Waals surface area contributed by atoms with E-state index in [0.717, 1.165) is 11.3 Å². The van der Waals surface area contributed by atoms with Gasteiger partial charge in [0.15, 0.2) is 0 Å². The molecule has 5 nitrogen and oxygen atoms in total. The molecule has 0 bridgehead atoms. The van der Waals surface area contributed by atoms with Crippen LogP contribution in [0.5, 0.6) is 0 Å². The molecule has 0 aromatic carbocycles. The number of aliphatic carboxylic acids is 1. The maximum absolute atomic E-state index is 10.5. The minimum Gasteiger partial charge on any atom is -0.481 e. The molecule has 5 heteroatoms. The first-order chi connectivity index (χ1) is 7.25. The molecule has 1 N–H and O–H groups in total. The summed E-state index contributed by atoms with van der Waals surface area (Å²) in [5.41, 5.74) is 1.71. The summed E-state index contributed by atoms with van der Waals surface area (Å²) >= 11 is 0.